The molecule has 0 aromatic carbocycles. The predicted molar refractivity (Wildman–Crippen MR) is 68.2 cm³/mol. The van der Waals surface area contributed by atoms with E-state index >= 15 is 0 Å². The lowest BCUT2D eigenvalue weighted by molar-refractivity contribution is -0.128. The predicted octanol–water partition coefficient (Wildman–Crippen LogP) is 1.73. The number of aromatic nitrogens is 1. The van der Waals surface area contributed by atoms with Gasteiger partial charge in [0.05, 0.1) is 5.41 Å². The van der Waals surface area contributed by atoms with Gasteiger partial charge in [-0.25, -0.2) is 0 Å². The van der Waals surface area contributed by atoms with Gasteiger partial charge in [-0.05, 0) is 44.5 Å². The third-order valence-corrected chi connectivity index (χ3v) is 3.61. The fourth-order valence-corrected chi connectivity index (χ4v) is 2.62. The maximum Gasteiger partial charge on any atom is 0.245 e. The third kappa shape index (κ3) is 2.69. The summed E-state index contributed by atoms with van der Waals surface area (Å²) in [5.41, 5.74) is 2.79. The van der Waals surface area contributed by atoms with E-state index in [0.29, 0.717) is 0 Å². The lowest BCUT2D eigenvalue weighted by atomic mass is 9.75. The van der Waals surface area contributed by atoms with Gasteiger partial charge in [0, 0.05) is 12.4 Å². The maximum atomic E-state index is 12.4. The van der Waals surface area contributed by atoms with Gasteiger partial charge in [-0.3, -0.25) is 14.9 Å². The van der Waals surface area contributed by atoms with Crippen molar-refractivity contribution >= 4 is 5.91 Å². The van der Waals surface area contributed by atoms with Crippen LogP contribution in [-0.4, -0.2) is 23.7 Å². The van der Waals surface area contributed by atoms with Gasteiger partial charge in [-0.1, -0.05) is 13.3 Å². The van der Waals surface area contributed by atoms with Crippen LogP contribution < -0.4 is 10.7 Å². The van der Waals surface area contributed by atoms with Crippen LogP contribution in [0, 0.1) is 5.41 Å². The molecule has 2 rings (SSSR count). The normalized spacial score (nSPS) is 18.9. The Balaban J connectivity index is 2.06. The molecule has 94 valence electrons. The van der Waals surface area contributed by atoms with Crippen molar-refractivity contribution < 1.29 is 4.79 Å². The fourth-order valence-electron chi connectivity index (χ4n) is 2.62. The standard InChI is InChI=1S/C13H21N3O/c1-2-5-13(6-8-14-9-7-13)12(17)15-16-10-3-4-11-16/h3-4,10-11,14H,2,5-9H2,1H3,(H,15,17). The Kier molecular flexibility index (Phi) is 3.84. The summed E-state index contributed by atoms with van der Waals surface area (Å²) in [5.74, 6) is 0.164. The highest BCUT2D eigenvalue weighted by Crippen LogP contribution is 2.34. The number of nitrogens with zero attached hydrogens (tertiary/aromatic N) is 1. The maximum absolute atomic E-state index is 12.4. The minimum absolute atomic E-state index is 0.164. The number of amides is 1. The van der Waals surface area contributed by atoms with Crippen LogP contribution in [-0.2, 0) is 4.79 Å². The zero-order valence-electron chi connectivity index (χ0n) is 10.4. The second kappa shape index (κ2) is 5.36. The van der Waals surface area contributed by atoms with Crippen LogP contribution in [0.5, 0.6) is 0 Å². The lowest BCUT2D eigenvalue weighted by Gasteiger charge is -2.36. The molecule has 2 N–H and O–H groups in total. The van der Waals surface area contributed by atoms with E-state index in [1.54, 1.807) is 4.68 Å². The van der Waals surface area contributed by atoms with E-state index in [9.17, 15) is 4.79 Å². The molecule has 1 aliphatic rings. The Labute approximate surface area is 102 Å². The monoisotopic (exact) mass is 235 g/mol. The van der Waals surface area contributed by atoms with Crippen molar-refractivity contribution in [2.24, 2.45) is 5.41 Å². The number of hydrogen-bond donors (Lipinski definition) is 2. The van der Waals surface area contributed by atoms with Crippen molar-refractivity contribution in [3.63, 3.8) is 0 Å². The van der Waals surface area contributed by atoms with Crippen molar-refractivity contribution in [3.8, 4) is 0 Å². The smallest absolute Gasteiger partial charge is 0.245 e. The molecule has 0 spiro atoms. The minimum atomic E-state index is -0.176. The second-order valence-electron chi connectivity index (χ2n) is 4.81. The van der Waals surface area contributed by atoms with E-state index in [2.05, 4.69) is 17.7 Å². The summed E-state index contributed by atoms with van der Waals surface area (Å²) in [6, 6.07) is 3.82. The van der Waals surface area contributed by atoms with Crippen LogP contribution in [0.2, 0.25) is 0 Å². The molecular formula is C13H21N3O. The number of carbonyl (C=O) groups excluding carboxylic acids is 1. The van der Waals surface area contributed by atoms with Crippen molar-refractivity contribution in [2.45, 2.75) is 32.6 Å². The average Bonchev–Trinajstić information content (AvgIpc) is 2.83. The Bertz CT molecular complexity index is 347. The van der Waals surface area contributed by atoms with E-state index in [-0.39, 0.29) is 11.3 Å². The Hall–Kier alpha value is -1.29. The summed E-state index contributed by atoms with van der Waals surface area (Å²) < 4.78 is 1.74. The van der Waals surface area contributed by atoms with Gasteiger partial charge < -0.3 is 5.32 Å². The van der Waals surface area contributed by atoms with E-state index in [1.165, 1.54) is 0 Å². The van der Waals surface area contributed by atoms with Crippen LogP contribution in [0.15, 0.2) is 24.5 Å². The molecule has 1 aromatic heterocycles. The molecule has 1 aromatic rings. The fraction of sp³-hybridized carbons (Fsp3) is 0.615. The quantitative estimate of drug-likeness (QED) is 0.835. The number of hydrogen-bond acceptors (Lipinski definition) is 2. The second-order valence-corrected chi connectivity index (χ2v) is 4.81. The zero-order valence-corrected chi connectivity index (χ0v) is 10.4. The number of carbonyl (C=O) groups is 1. The first kappa shape index (κ1) is 12.2. The Morgan fingerprint density at radius 1 is 1.35 bits per heavy atom. The molecule has 4 heteroatoms. The van der Waals surface area contributed by atoms with Crippen LogP contribution >= 0.6 is 0 Å². The van der Waals surface area contributed by atoms with Crippen molar-refractivity contribution in [1.82, 2.24) is 9.99 Å². The summed E-state index contributed by atoms with van der Waals surface area (Å²) in [6.45, 7) is 4.03. The summed E-state index contributed by atoms with van der Waals surface area (Å²) >= 11 is 0. The van der Waals surface area contributed by atoms with Crippen molar-refractivity contribution in [3.05, 3.63) is 24.5 Å². The zero-order chi connectivity index (χ0) is 12.1. The minimum Gasteiger partial charge on any atom is -0.317 e. The van der Waals surface area contributed by atoms with Crippen molar-refractivity contribution in [2.75, 3.05) is 18.5 Å². The summed E-state index contributed by atoms with van der Waals surface area (Å²) in [6.07, 6.45) is 7.63. The molecule has 0 atom stereocenters. The van der Waals surface area contributed by atoms with Crippen molar-refractivity contribution in [1.29, 1.82) is 0 Å². The number of piperidine rings is 1. The number of nitrogens with one attached hydrogen (secondary N) is 2. The molecular weight excluding hydrogens is 214 g/mol. The van der Waals surface area contributed by atoms with Gasteiger partial charge in [0.25, 0.3) is 0 Å². The molecule has 1 aliphatic heterocycles. The van der Waals surface area contributed by atoms with Crippen LogP contribution in [0.25, 0.3) is 0 Å². The van der Waals surface area contributed by atoms with Crippen LogP contribution in [0.3, 0.4) is 0 Å². The summed E-state index contributed by atoms with van der Waals surface area (Å²) in [4.78, 5) is 12.4. The molecule has 1 fully saturated rings. The van der Waals surface area contributed by atoms with Gasteiger partial charge in [0.1, 0.15) is 0 Å². The highest BCUT2D eigenvalue weighted by Gasteiger charge is 2.38. The Morgan fingerprint density at radius 2 is 2.00 bits per heavy atom. The first-order chi connectivity index (χ1) is 8.27. The van der Waals surface area contributed by atoms with Gasteiger partial charge in [0.2, 0.25) is 5.91 Å². The summed E-state index contributed by atoms with van der Waals surface area (Å²) in [5, 5.41) is 3.32. The summed E-state index contributed by atoms with van der Waals surface area (Å²) in [7, 11) is 0. The molecule has 0 aliphatic carbocycles. The first-order valence-corrected chi connectivity index (χ1v) is 6.42. The van der Waals surface area contributed by atoms with Gasteiger partial charge in [0.15, 0.2) is 0 Å². The van der Waals surface area contributed by atoms with Gasteiger partial charge >= 0.3 is 0 Å². The van der Waals surface area contributed by atoms with E-state index in [4.69, 9.17) is 0 Å². The van der Waals surface area contributed by atoms with Gasteiger partial charge in [-0.2, -0.15) is 0 Å². The molecule has 0 radical (unpaired) electrons. The van der Waals surface area contributed by atoms with E-state index < -0.39 is 0 Å². The lowest BCUT2D eigenvalue weighted by Crippen LogP contribution is -2.46. The van der Waals surface area contributed by atoms with Crippen LogP contribution in [0.1, 0.15) is 32.6 Å². The average molecular weight is 235 g/mol. The van der Waals surface area contributed by atoms with E-state index in [0.717, 1.165) is 38.8 Å². The molecule has 0 unspecified atom stereocenters. The third-order valence-electron chi connectivity index (χ3n) is 3.61. The molecule has 1 saturated heterocycles. The molecule has 4 nitrogen and oxygen atoms in total. The molecule has 0 saturated carbocycles. The Morgan fingerprint density at radius 3 is 2.59 bits per heavy atom. The highest BCUT2D eigenvalue weighted by molar-refractivity contribution is 5.89. The highest BCUT2D eigenvalue weighted by atomic mass is 16.2. The molecule has 2 heterocycles. The van der Waals surface area contributed by atoms with E-state index in [1.807, 2.05) is 24.5 Å². The SMILES string of the molecule is CCCC1(C(=O)Nn2cccc2)CCNCC1. The van der Waals surface area contributed by atoms with Gasteiger partial charge in [-0.15, -0.1) is 0 Å². The number of rotatable bonds is 4. The largest absolute Gasteiger partial charge is 0.317 e. The molecule has 17 heavy (non-hydrogen) atoms. The first-order valence-electron chi connectivity index (χ1n) is 6.42. The molecule has 0 bridgehead atoms. The topological polar surface area (TPSA) is 46.1 Å². The van der Waals surface area contributed by atoms with Crippen LogP contribution in [0.4, 0.5) is 0 Å². The molecule has 1 amide bonds.